The highest BCUT2D eigenvalue weighted by Gasteiger charge is 2.41. The van der Waals surface area contributed by atoms with Gasteiger partial charge >= 0.3 is 5.97 Å². The predicted octanol–water partition coefficient (Wildman–Crippen LogP) is 1.13. The number of hydrogen-bond acceptors (Lipinski definition) is 4. The minimum Gasteiger partial charge on any atom is -0.481 e. The molecule has 1 unspecified atom stereocenters. The van der Waals surface area contributed by atoms with E-state index < -0.39 is 29.2 Å². The van der Waals surface area contributed by atoms with Crippen molar-refractivity contribution in [3.05, 3.63) is 29.6 Å². The maximum Gasteiger partial charge on any atom is 0.311 e. The number of halogens is 1. The summed E-state index contributed by atoms with van der Waals surface area (Å²) in [5.41, 5.74) is -0.367. The van der Waals surface area contributed by atoms with Crippen LogP contribution < -0.4 is 10.1 Å². The van der Waals surface area contributed by atoms with Crippen molar-refractivity contribution in [1.29, 1.82) is 0 Å². The lowest BCUT2D eigenvalue weighted by Gasteiger charge is -2.33. The van der Waals surface area contributed by atoms with E-state index in [-0.39, 0.29) is 18.7 Å². The average molecular weight is 323 g/mol. The summed E-state index contributed by atoms with van der Waals surface area (Å²) in [5, 5.41) is 12.1. The molecular weight excluding hydrogens is 305 g/mol. The van der Waals surface area contributed by atoms with E-state index >= 15 is 0 Å². The number of hydrogen-bond donors (Lipinski definition) is 2. The molecule has 1 amide bonds. The molecule has 0 radical (unpaired) electrons. The van der Waals surface area contributed by atoms with E-state index in [0.717, 1.165) is 0 Å². The standard InChI is InChI=1S/C16H18FNO5/c17-11-3-1-2-10-8-12(23-13(10)11)14(19)18-9-16(15(20)21)4-6-22-7-5-16/h1-3,12H,4-9H2,(H,18,19)(H,20,21). The molecule has 3 rings (SSSR count). The number of amides is 1. The maximum atomic E-state index is 13.6. The van der Waals surface area contributed by atoms with Crippen molar-refractivity contribution in [2.45, 2.75) is 25.4 Å². The van der Waals surface area contributed by atoms with Crippen LogP contribution in [0.15, 0.2) is 18.2 Å². The third kappa shape index (κ3) is 3.01. The highest BCUT2D eigenvalue weighted by atomic mass is 19.1. The van der Waals surface area contributed by atoms with Crippen molar-refractivity contribution in [3.8, 4) is 5.75 Å². The second kappa shape index (κ2) is 6.16. The third-order valence-electron chi connectivity index (χ3n) is 4.51. The van der Waals surface area contributed by atoms with Crippen LogP contribution in [-0.2, 0) is 20.7 Å². The van der Waals surface area contributed by atoms with Crippen LogP contribution >= 0.6 is 0 Å². The molecule has 0 saturated carbocycles. The number of carbonyl (C=O) groups excluding carboxylic acids is 1. The van der Waals surface area contributed by atoms with Crippen LogP contribution in [-0.4, -0.2) is 42.8 Å². The van der Waals surface area contributed by atoms with E-state index in [4.69, 9.17) is 9.47 Å². The van der Waals surface area contributed by atoms with E-state index in [1.807, 2.05) is 0 Å². The Morgan fingerprint density at radius 3 is 2.74 bits per heavy atom. The summed E-state index contributed by atoms with van der Waals surface area (Å²) in [5.74, 6) is -1.76. The van der Waals surface area contributed by atoms with Gasteiger partial charge in [-0.25, -0.2) is 4.39 Å². The molecule has 1 aromatic rings. The number of nitrogens with one attached hydrogen (secondary N) is 1. The second-order valence-corrected chi connectivity index (χ2v) is 5.95. The monoisotopic (exact) mass is 323 g/mol. The van der Waals surface area contributed by atoms with Gasteiger partial charge in [0.25, 0.3) is 5.91 Å². The van der Waals surface area contributed by atoms with Crippen LogP contribution in [0.1, 0.15) is 18.4 Å². The molecule has 6 nitrogen and oxygen atoms in total. The van der Waals surface area contributed by atoms with Gasteiger partial charge in [-0.3, -0.25) is 9.59 Å². The molecule has 0 spiro atoms. The molecule has 7 heteroatoms. The summed E-state index contributed by atoms with van der Waals surface area (Å²) in [6.07, 6.45) is 0.154. The topological polar surface area (TPSA) is 84.9 Å². The first kappa shape index (κ1) is 15.7. The third-order valence-corrected chi connectivity index (χ3v) is 4.51. The molecule has 124 valence electrons. The van der Waals surface area contributed by atoms with Crippen LogP contribution in [0.2, 0.25) is 0 Å². The smallest absolute Gasteiger partial charge is 0.311 e. The molecule has 2 aliphatic rings. The quantitative estimate of drug-likeness (QED) is 0.867. The van der Waals surface area contributed by atoms with Crippen LogP contribution in [0.25, 0.3) is 0 Å². The molecular formula is C16H18FNO5. The van der Waals surface area contributed by atoms with Crippen LogP contribution in [0.5, 0.6) is 5.75 Å². The number of para-hydroxylation sites is 1. The molecule has 2 heterocycles. The summed E-state index contributed by atoms with van der Waals surface area (Å²) in [6.45, 7) is 0.737. The minimum absolute atomic E-state index is 0.0171. The number of fused-ring (bicyclic) bond motifs is 1. The Morgan fingerprint density at radius 1 is 1.35 bits per heavy atom. The van der Waals surface area contributed by atoms with Gasteiger partial charge in [-0.2, -0.15) is 0 Å². The number of ether oxygens (including phenoxy) is 2. The van der Waals surface area contributed by atoms with Gasteiger partial charge in [-0.05, 0) is 18.9 Å². The first-order valence-electron chi connectivity index (χ1n) is 7.55. The average Bonchev–Trinajstić information content (AvgIpc) is 2.99. The number of carboxylic acids is 1. The first-order valence-corrected chi connectivity index (χ1v) is 7.55. The molecule has 23 heavy (non-hydrogen) atoms. The second-order valence-electron chi connectivity index (χ2n) is 5.95. The molecule has 1 aromatic carbocycles. The van der Waals surface area contributed by atoms with Crippen LogP contribution in [0.3, 0.4) is 0 Å². The summed E-state index contributed by atoms with van der Waals surface area (Å²) in [6, 6.07) is 4.56. The Balaban J connectivity index is 1.62. The van der Waals surface area contributed by atoms with E-state index in [2.05, 4.69) is 5.32 Å². The summed E-state index contributed by atoms with van der Waals surface area (Å²) in [7, 11) is 0. The number of rotatable bonds is 4. The zero-order chi connectivity index (χ0) is 16.4. The lowest BCUT2D eigenvalue weighted by Crippen LogP contribution is -2.49. The fourth-order valence-corrected chi connectivity index (χ4v) is 2.97. The summed E-state index contributed by atoms with van der Waals surface area (Å²) < 4.78 is 24.2. The number of benzene rings is 1. The van der Waals surface area contributed by atoms with E-state index in [0.29, 0.717) is 31.6 Å². The highest BCUT2D eigenvalue weighted by molar-refractivity contribution is 5.83. The predicted molar refractivity (Wildman–Crippen MR) is 77.7 cm³/mol. The largest absolute Gasteiger partial charge is 0.481 e. The van der Waals surface area contributed by atoms with Gasteiger partial charge in [0.05, 0.1) is 5.41 Å². The molecule has 2 aliphatic heterocycles. The highest BCUT2D eigenvalue weighted by Crippen LogP contribution is 2.32. The Bertz CT molecular complexity index is 627. The zero-order valence-corrected chi connectivity index (χ0v) is 12.5. The molecule has 0 bridgehead atoms. The van der Waals surface area contributed by atoms with Gasteiger partial charge in [0.15, 0.2) is 17.7 Å². The molecule has 0 aromatic heterocycles. The molecule has 1 fully saturated rings. The summed E-state index contributed by atoms with van der Waals surface area (Å²) >= 11 is 0. The lowest BCUT2D eigenvalue weighted by molar-refractivity contribution is -0.155. The summed E-state index contributed by atoms with van der Waals surface area (Å²) in [4.78, 5) is 23.8. The van der Waals surface area contributed by atoms with Crippen molar-refractivity contribution in [2.24, 2.45) is 5.41 Å². The van der Waals surface area contributed by atoms with Crippen molar-refractivity contribution in [3.63, 3.8) is 0 Å². The van der Waals surface area contributed by atoms with Crippen LogP contribution in [0.4, 0.5) is 4.39 Å². The maximum absolute atomic E-state index is 13.6. The van der Waals surface area contributed by atoms with Crippen molar-refractivity contribution < 1.29 is 28.6 Å². The van der Waals surface area contributed by atoms with E-state index in [1.54, 1.807) is 12.1 Å². The van der Waals surface area contributed by atoms with Crippen molar-refractivity contribution in [1.82, 2.24) is 5.32 Å². The first-order chi connectivity index (χ1) is 11.0. The Kier molecular flexibility index (Phi) is 4.21. The Hall–Kier alpha value is -2.15. The fraction of sp³-hybridized carbons (Fsp3) is 0.500. The van der Waals surface area contributed by atoms with Crippen molar-refractivity contribution >= 4 is 11.9 Å². The lowest BCUT2D eigenvalue weighted by atomic mass is 9.80. The van der Waals surface area contributed by atoms with Gasteiger partial charge in [0.1, 0.15) is 0 Å². The molecule has 0 aliphatic carbocycles. The van der Waals surface area contributed by atoms with Gasteiger partial charge in [-0.15, -0.1) is 0 Å². The van der Waals surface area contributed by atoms with Crippen molar-refractivity contribution in [2.75, 3.05) is 19.8 Å². The number of carbonyl (C=O) groups is 2. The van der Waals surface area contributed by atoms with E-state index in [1.165, 1.54) is 6.07 Å². The number of aliphatic carboxylic acids is 1. The van der Waals surface area contributed by atoms with Gasteiger partial charge in [-0.1, -0.05) is 12.1 Å². The fourth-order valence-electron chi connectivity index (χ4n) is 2.97. The van der Waals surface area contributed by atoms with E-state index in [9.17, 15) is 19.1 Å². The molecule has 2 N–H and O–H groups in total. The van der Waals surface area contributed by atoms with Crippen LogP contribution in [0, 0.1) is 11.2 Å². The van der Waals surface area contributed by atoms with Gasteiger partial charge < -0.3 is 19.9 Å². The Labute approximate surface area is 132 Å². The molecule has 1 saturated heterocycles. The van der Waals surface area contributed by atoms with Gasteiger partial charge in [0.2, 0.25) is 0 Å². The minimum atomic E-state index is -1.01. The Morgan fingerprint density at radius 2 is 2.09 bits per heavy atom. The zero-order valence-electron chi connectivity index (χ0n) is 12.5. The normalized spacial score (nSPS) is 22.0. The number of carboxylic acid groups (broad SMARTS) is 1. The molecule has 1 atom stereocenters. The SMILES string of the molecule is O=C(NCC1(C(=O)O)CCOCC1)C1Cc2cccc(F)c2O1. The van der Waals surface area contributed by atoms with Gasteiger partial charge in [0, 0.05) is 31.7 Å².